The zero-order valence-corrected chi connectivity index (χ0v) is 12.5. The second-order valence-electron chi connectivity index (χ2n) is 4.15. The third-order valence-corrected chi connectivity index (χ3v) is 3.50. The molecule has 0 unspecified atom stereocenters. The highest BCUT2D eigenvalue weighted by Crippen LogP contribution is 2.29. The summed E-state index contributed by atoms with van der Waals surface area (Å²) >= 11 is 3.00. The lowest BCUT2D eigenvalue weighted by Gasteiger charge is -2.10. The molecule has 2 rings (SSSR count). The smallest absolute Gasteiger partial charge is 0.336 e. The predicted octanol–water partition coefficient (Wildman–Crippen LogP) is 3.53. The quantitative estimate of drug-likeness (QED) is 0.855. The molecule has 4 nitrogen and oxygen atoms in total. The van der Waals surface area contributed by atoms with Crippen LogP contribution in [-0.4, -0.2) is 24.0 Å². The van der Waals surface area contributed by atoms with Crippen LogP contribution in [0.1, 0.15) is 26.3 Å². The van der Waals surface area contributed by atoms with E-state index < -0.39 is 17.6 Å². The molecule has 108 valence electrons. The fourth-order valence-corrected chi connectivity index (χ4v) is 2.23. The number of rotatable bonds is 4. The molecule has 0 aliphatic carbocycles. The van der Waals surface area contributed by atoms with Crippen LogP contribution in [0.3, 0.4) is 0 Å². The van der Waals surface area contributed by atoms with Crippen molar-refractivity contribution in [2.75, 3.05) is 7.11 Å². The highest BCUT2D eigenvalue weighted by Gasteiger charge is 2.21. The Hall–Kier alpha value is -2.21. The Morgan fingerprint density at radius 2 is 1.76 bits per heavy atom. The van der Waals surface area contributed by atoms with Crippen molar-refractivity contribution in [3.05, 3.63) is 63.4 Å². The van der Waals surface area contributed by atoms with E-state index in [1.807, 2.05) is 0 Å². The molecule has 21 heavy (non-hydrogen) atoms. The van der Waals surface area contributed by atoms with Gasteiger partial charge >= 0.3 is 5.97 Å². The number of ether oxygens (including phenoxy) is 1. The first kappa shape index (κ1) is 15.2. The number of benzene rings is 2. The lowest BCUT2D eigenvalue weighted by Crippen LogP contribution is -2.11. The Morgan fingerprint density at radius 3 is 2.33 bits per heavy atom. The molecule has 0 aliphatic rings. The number of carboxylic acid groups (broad SMARTS) is 1. The number of halogens is 2. The van der Waals surface area contributed by atoms with E-state index in [1.54, 1.807) is 6.07 Å². The monoisotopic (exact) mass is 352 g/mol. The van der Waals surface area contributed by atoms with Crippen LogP contribution in [-0.2, 0) is 0 Å². The van der Waals surface area contributed by atoms with Crippen molar-refractivity contribution in [3.63, 3.8) is 0 Å². The van der Waals surface area contributed by atoms with Crippen LogP contribution >= 0.6 is 15.9 Å². The molecule has 0 fully saturated rings. The fraction of sp³-hybridized carbons (Fsp3) is 0.0667. The summed E-state index contributed by atoms with van der Waals surface area (Å²) in [5.41, 5.74) is -0.0220. The standard InChI is InChI=1S/C15H10BrFO4/c1-21-13-7-12(17)11(16)6-10(13)14(18)8-4-2-3-5-9(8)15(19)20/h2-7H,1H3,(H,19,20). The summed E-state index contributed by atoms with van der Waals surface area (Å²) in [5.74, 6) is -2.29. The summed E-state index contributed by atoms with van der Waals surface area (Å²) in [7, 11) is 1.31. The van der Waals surface area contributed by atoms with Crippen molar-refractivity contribution < 1.29 is 23.8 Å². The first-order chi connectivity index (χ1) is 9.95. The molecule has 6 heteroatoms. The van der Waals surface area contributed by atoms with Crippen molar-refractivity contribution in [1.82, 2.24) is 0 Å². The van der Waals surface area contributed by atoms with Crippen LogP contribution < -0.4 is 4.74 Å². The second kappa shape index (κ2) is 6.05. The summed E-state index contributed by atoms with van der Waals surface area (Å²) in [5, 5.41) is 9.13. The van der Waals surface area contributed by atoms with Crippen molar-refractivity contribution in [3.8, 4) is 5.75 Å². The summed E-state index contributed by atoms with van der Waals surface area (Å²) < 4.78 is 18.6. The highest BCUT2D eigenvalue weighted by molar-refractivity contribution is 9.10. The largest absolute Gasteiger partial charge is 0.496 e. The van der Waals surface area contributed by atoms with Crippen LogP contribution in [0.2, 0.25) is 0 Å². The number of carbonyl (C=O) groups excluding carboxylic acids is 1. The topological polar surface area (TPSA) is 63.6 Å². The average Bonchev–Trinajstić information content (AvgIpc) is 2.48. The molecule has 0 bridgehead atoms. The normalized spacial score (nSPS) is 10.2. The summed E-state index contributed by atoms with van der Waals surface area (Å²) in [6.07, 6.45) is 0. The Bertz CT molecular complexity index is 728. The zero-order chi connectivity index (χ0) is 15.6. The molecule has 0 radical (unpaired) electrons. The van der Waals surface area contributed by atoms with Gasteiger partial charge in [-0.05, 0) is 28.1 Å². The van der Waals surface area contributed by atoms with E-state index >= 15 is 0 Å². The van der Waals surface area contributed by atoms with Gasteiger partial charge in [0.25, 0.3) is 0 Å². The van der Waals surface area contributed by atoms with Crippen molar-refractivity contribution >= 4 is 27.7 Å². The molecule has 2 aromatic rings. The number of hydrogen-bond donors (Lipinski definition) is 1. The van der Waals surface area contributed by atoms with Gasteiger partial charge in [0.2, 0.25) is 0 Å². The summed E-state index contributed by atoms with van der Waals surface area (Å²) in [4.78, 5) is 23.7. The maximum absolute atomic E-state index is 13.5. The van der Waals surface area contributed by atoms with Crippen LogP contribution in [0.4, 0.5) is 4.39 Å². The van der Waals surface area contributed by atoms with Gasteiger partial charge in [0.15, 0.2) is 5.78 Å². The Balaban J connectivity index is 2.60. The minimum Gasteiger partial charge on any atom is -0.496 e. The molecule has 0 aliphatic heterocycles. The van der Waals surface area contributed by atoms with E-state index in [0.717, 1.165) is 6.07 Å². The summed E-state index contributed by atoms with van der Waals surface area (Å²) in [6.45, 7) is 0. The van der Waals surface area contributed by atoms with Crippen LogP contribution in [0.25, 0.3) is 0 Å². The number of carboxylic acids is 1. The van der Waals surface area contributed by atoms with E-state index in [0.29, 0.717) is 0 Å². The van der Waals surface area contributed by atoms with Gasteiger partial charge in [0.05, 0.1) is 22.7 Å². The molecule has 1 N–H and O–H groups in total. The highest BCUT2D eigenvalue weighted by atomic mass is 79.9. The Morgan fingerprint density at radius 1 is 1.14 bits per heavy atom. The fourth-order valence-electron chi connectivity index (χ4n) is 1.89. The zero-order valence-electron chi connectivity index (χ0n) is 10.9. The van der Waals surface area contributed by atoms with E-state index in [1.165, 1.54) is 31.4 Å². The molecule has 0 saturated heterocycles. The van der Waals surface area contributed by atoms with E-state index in [-0.39, 0.29) is 26.9 Å². The number of methoxy groups -OCH3 is 1. The molecule has 0 amide bonds. The number of aromatic carboxylic acids is 1. The van der Waals surface area contributed by atoms with Gasteiger partial charge in [-0.2, -0.15) is 0 Å². The Kier molecular flexibility index (Phi) is 4.37. The molecular weight excluding hydrogens is 343 g/mol. The van der Waals surface area contributed by atoms with Crippen molar-refractivity contribution in [1.29, 1.82) is 0 Å². The molecule has 0 saturated carbocycles. The van der Waals surface area contributed by atoms with Gasteiger partial charge in [-0.3, -0.25) is 4.79 Å². The van der Waals surface area contributed by atoms with Gasteiger partial charge in [0.1, 0.15) is 11.6 Å². The second-order valence-corrected chi connectivity index (χ2v) is 5.00. The average molecular weight is 353 g/mol. The minimum absolute atomic E-state index is 0.0156. The van der Waals surface area contributed by atoms with Crippen molar-refractivity contribution in [2.24, 2.45) is 0 Å². The van der Waals surface area contributed by atoms with E-state index in [4.69, 9.17) is 9.84 Å². The molecule has 0 aromatic heterocycles. The van der Waals surface area contributed by atoms with Crippen LogP contribution in [0.5, 0.6) is 5.75 Å². The van der Waals surface area contributed by atoms with E-state index in [2.05, 4.69) is 15.9 Å². The summed E-state index contributed by atoms with van der Waals surface area (Å²) in [6, 6.07) is 8.17. The van der Waals surface area contributed by atoms with Gasteiger partial charge < -0.3 is 9.84 Å². The maximum Gasteiger partial charge on any atom is 0.336 e. The molecule has 2 aromatic carbocycles. The van der Waals surface area contributed by atoms with Gasteiger partial charge in [-0.15, -0.1) is 0 Å². The van der Waals surface area contributed by atoms with E-state index in [9.17, 15) is 14.0 Å². The van der Waals surface area contributed by atoms with Crippen LogP contribution in [0, 0.1) is 5.82 Å². The minimum atomic E-state index is -1.21. The third kappa shape index (κ3) is 2.95. The number of hydrogen-bond acceptors (Lipinski definition) is 3. The lowest BCUT2D eigenvalue weighted by atomic mass is 9.97. The molecule has 0 spiro atoms. The van der Waals surface area contributed by atoms with Gasteiger partial charge in [-0.25, -0.2) is 9.18 Å². The molecule has 0 atom stereocenters. The number of ketones is 1. The SMILES string of the molecule is COc1cc(F)c(Br)cc1C(=O)c1ccccc1C(=O)O. The van der Waals surface area contributed by atoms with Crippen molar-refractivity contribution in [2.45, 2.75) is 0 Å². The van der Waals surface area contributed by atoms with Gasteiger partial charge in [-0.1, -0.05) is 18.2 Å². The Labute approximate surface area is 128 Å². The van der Waals surface area contributed by atoms with Crippen LogP contribution in [0.15, 0.2) is 40.9 Å². The first-order valence-corrected chi connectivity index (χ1v) is 6.65. The third-order valence-electron chi connectivity index (χ3n) is 2.89. The molecule has 0 heterocycles. The van der Waals surface area contributed by atoms with Gasteiger partial charge in [0, 0.05) is 11.6 Å². The molecular formula is C15H10BrFO4. The predicted molar refractivity (Wildman–Crippen MR) is 77.5 cm³/mol. The maximum atomic E-state index is 13.5. The first-order valence-electron chi connectivity index (χ1n) is 5.85. The number of carbonyl (C=O) groups is 2. The lowest BCUT2D eigenvalue weighted by molar-refractivity contribution is 0.0692.